The number of nitrogens with one attached hydrogen (secondary N) is 1. The molecule has 36 heavy (non-hydrogen) atoms. The largest absolute Gasteiger partial charge is 0.573 e. The Kier molecular flexibility index (Phi) is 5.43. The number of halogens is 3. The highest BCUT2D eigenvalue weighted by atomic mass is 19.4. The number of hydrogen-bond donors (Lipinski definition) is 2. The summed E-state index contributed by atoms with van der Waals surface area (Å²) in [6, 6.07) is 12.8. The van der Waals surface area contributed by atoms with Gasteiger partial charge in [0.2, 0.25) is 0 Å². The van der Waals surface area contributed by atoms with Crippen molar-refractivity contribution in [1.29, 1.82) is 0 Å². The number of fused-ring (bicyclic) bond motifs is 5. The van der Waals surface area contributed by atoms with Crippen LogP contribution in [0.3, 0.4) is 0 Å². The highest BCUT2D eigenvalue weighted by molar-refractivity contribution is 6.02. The maximum absolute atomic E-state index is 13.1. The summed E-state index contributed by atoms with van der Waals surface area (Å²) in [5.41, 5.74) is 4.53. The molecule has 2 aliphatic heterocycles. The average Bonchev–Trinajstić information content (AvgIpc) is 2.78. The second kappa shape index (κ2) is 8.26. The fourth-order valence-corrected chi connectivity index (χ4v) is 4.91. The first-order valence-electron chi connectivity index (χ1n) is 11.3. The van der Waals surface area contributed by atoms with E-state index >= 15 is 0 Å². The molecule has 0 saturated heterocycles. The van der Waals surface area contributed by atoms with Crippen molar-refractivity contribution in [1.82, 2.24) is 0 Å². The summed E-state index contributed by atoms with van der Waals surface area (Å²) in [7, 11) is 1.46. The first-order valence-corrected chi connectivity index (χ1v) is 11.3. The summed E-state index contributed by atoms with van der Waals surface area (Å²) < 4.78 is 55.3. The van der Waals surface area contributed by atoms with Gasteiger partial charge in [0.15, 0.2) is 11.5 Å². The third-order valence-corrected chi connectivity index (χ3v) is 6.10. The minimum Gasteiger partial charge on any atom is -0.504 e. The van der Waals surface area contributed by atoms with Gasteiger partial charge >= 0.3 is 6.36 Å². The molecule has 0 aromatic heterocycles. The molecule has 0 atom stereocenters. The summed E-state index contributed by atoms with van der Waals surface area (Å²) in [6.45, 7) is 6.08. The molecule has 0 amide bonds. The molecular weight excluding hydrogens is 471 g/mol. The van der Waals surface area contributed by atoms with Gasteiger partial charge in [0.05, 0.1) is 18.2 Å². The van der Waals surface area contributed by atoms with Crippen LogP contribution in [-0.2, 0) is 0 Å². The molecule has 0 bridgehead atoms. The Morgan fingerprint density at radius 3 is 2.47 bits per heavy atom. The van der Waals surface area contributed by atoms with Crippen LogP contribution in [0.2, 0.25) is 0 Å². The lowest BCUT2D eigenvalue weighted by atomic mass is 9.82. The molecular formula is C28H24F3NO4. The second-order valence-electron chi connectivity index (χ2n) is 9.27. The summed E-state index contributed by atoms with van der Waals surface area (Å²) >= 11 is 0. The molecule has 0 radical (unpaired) electrons. The van der Waals surface area contributed by atoms with Crippen molar-refractivity contribution < 1.29 is 32.5 Å². The lowest BCUT2D eigenvalue weighted by Crippen LogP contribution is -2.32. The monoisotopic (exact) mass is 495 g/mol. The number of allylic oxidation sites excluding steroid dienone is 1. The minimum atomic E-state index is -4.84. The van der Waals surface area contributed by atoms with E-state index in [4.69, 9.17) is 9.47 Å². The fourth-order valence-electron chi connectivity index (χ4n) is 4.91. The number of anilines is 1. The lowest BCUT2D eigenvalue weighted by molar-refractivity contribution is -0.274. The Hall–Kier alpha value is -4.07. The van der Waals surface area contributed by atoms with E-state index in [9.17, 15) is 18.3 Å². The SMILES string of the molecule is COc1c(O)ccc2c1-c1ccc3c(c1C(=Cc1ccccc1OC(F)(F)F)O2)C(C)=CC(C)(C)N3. The van der Waals surface area contributed by atoms with E-state index in [0.717, 1.165) is 22.4 Å². The predicted molar refractivity (Wildman–Crippen MR) is 133 cm³/mol. The normalized spacial score (nSPS) is 16.6. The lowest BCUT2D eigenvalue weighted by Gasteiger charge is -2.35. The number of ether oxygens (including phenoxy) is 3. The van der Waals surface area contributed by atoms with Gasteiger partial charge < -0.3 is 24.6 Å². The third-order valence-electron chi connectivity index (χ3n) is 6.10. The number of aromatic hydroxyl groups is 1. The Labute approximate surface area is 206 Å². The van der Waals surface area contributed by atoms with Crippen molar-refractivity contribution >= 4 is 23.1 Å². The zero-order valence-corrected chi connectivity index (χ0v) is 20.1. The van der Waals surface area contributed by atoms with Crippen LogP contribution in [-0.4, -0.2) is 24.1 Å². The van der Waals surface area contributed by atoms with Gasteiger partial charge in [-0.15, -0.1) is 13.2 Å². The molecule has 2 aliphatic rings. The Balaban J connectivity index is 1.80. The number of methoxy groups -OCH3 is 1. The Morgan fingerprint density at radius 1 is 1.00 bits per heavy atom. The van der Waals surface area contributed by atoms with Gasteiger partial charge in [0, 0.05) is 27.9 Å². The standard InChI is InChI=1S/C28H24F3NO4/c1-15-14-27(2,3)32-18-10-9-17-24(23(15)18)22(35-21-12-11-19(33)26(34-4)25(17)21)13-16-7-5-6-8-20(16)36-28(29,30)31/h5-14,32-33H,1-4H3. The molecule has 0 unspecified atom stereocenters. The smallest absolute Gasteiger partial charge is 0.504 e. The number of hydrogen-bond acceptors (Lipinski definition) is 5. The van der Waals surface area contributed by atoms with Crippen molar-refractivity contribution in [3.05, 3.63) is 71.3 Å². The summed E-state index contributed by atoms with van der Waals surface area (Å²) in [5.74, 6) is 0.608. The molecule has 8 heteroatoms. The van der Waals surface area contributed by atoms with Gasteiger partial charge in [0.1, 0.15) is 17.3 Å². The van der Waals surface area contributed by atoms with Crippen molar-refractivity contribution in [2.75, 3.05) is 12.4 Å². The molecule has 0 fully saturated rings. The van der Waals surface area contributed by atoms with Crippen LogP contribution in [0, 0.1) is 0 Å². The highest BCUT2D eigenvalue weighted by Crippen LogP contribution is 2.54. The van der Waals surface area contributed by atoms with Crippen LogP contribution in [0.1, 0.15) is 37.5 Å². The summed E-state index contributed by atoms with van der Waals surface area (Å²) in [5, 5.41) is 13.9. The van der Waals surface area contributed by atoms with E-state index in [0.29, 0.717) is 22.6 Å². The number of para-hydroxylation sites is 1. The van der Waals surface area contributed by atoms with E-state index in [2.05, 4.69) is 16.1 Å². The number of rotatable bonds is 3. The predicted octanol–water partition coefficient (Wildman–Crippen LogP) is 7.46. The molecule has 2 N–H and O–H groups in total. The van der Waals surface area contributed by atoms with Crippen LogP contribution in [0.15, 0.2) is 54.6 Å². The van der Waals surface area contributed by atoms with Crippen molar-refractivity contribution in [3.8, 4) is 34.1 Å². The van der Waals surface area contributed by atoms with Gasteiger partial charge in [0.25, 0.3) is 0 Å². The molecule has 5 rings (SSSR count). The second-order valence-corrected chi connectivity index (χ2v) is 9.27. The van der Waals surface area contributed by atoms with E-state index in [1.807, 2.05) is 32.9 Å². The maximum Gasteiger partial charge on any atom is 0.573 e. The van der Waals surface area contributed by atoms with Crippen LogP contribution in [0.5, 0.6) is 23.0 Å². The summed E-state index contributed by atoms with van der Waals surface area (Å²) in [6.07, 6.45) is -1.22. The van der Waals surface area contributed by atoms with Gasteiger partial charge in [-0.25, -0.2) is 0 Å². The van der Waals surface area contributed by atoms with Gasteiger partial charge in [-0.1, -0.05) is 30.3 Å². The van der Waals surface area contributed by atoms with Crippen molar-refractivity contribution in [2.45, 2.75) is 32.7 Å². The van der Waals surface area contributed by atoms with Gasteiger partial charge in [-0.2, -0.15) is 0 Å². The zero-order chi connectivity index (χ0) is 25.8. The number of benzene rings is 3. The van der Waals surface area contributed by atoms with Crippen molar-refractivity contribution in [2.24, 2.45) is 0 Å². The van der Waals surface area contributed by atoms with Crippen LogP contribution in [0.25, 0.3) is 28.5 Å². The van der Waals surface area contributed by atoms with Crippen LogP contribution >= 0.6 is 0 Å². The Bertz CT molecular complexity index is 1440. The third kappa shape index (κ3) is 4.12. The molecule has 0 aliphatic carbocycles. The Morgan fingerprint density at radius 2 is 1.75 bits per heavy atom. The first kappa shape index (κ1) is 23.7. The average molecular weight is 495 g/mol. The van der Waals surface area contributed by atoms with E-state index in [-0.39, 0.29) is 28.4 Å². The molecule has 0 saturated carbocycles. The quantitative estimate of drug-likeness (QED) is 0.395. The molecule has 186 valence electrons. The molecule has 5 nitrogen and oxygen atoms in total. The van der Waals surface area contributed by atoms with Crippen LogP contribution < -0.4 is 19.5 Å². The molecule has 3 aromatic carbocycles. The first-order chi connectivity index (χ1) is 17.0. The molecule has 0 spiro atoms. The van der Waals surface area contributed by atoms with E-state index in [1.54, 1.807) is 12.1 Å². The number of alkyl halides is 3. The van der Waals surface area contributed by atoms with Crippen molar-refractivity contribution in [3.63, 3.8) is 0 Å². The number of phenolic OH excluding ortho intramolecular Hbond substituents is 1. The highest BCUT2D eigenvalue weighted by Gasteiger charge is 2.35. The zero-order valence-electron chi connectivity index (χ0n) is 20.1. The molecule has 2 heterocycles. The van der Waals surface area contributed by atoms with Gasteiger partial charge in [-0.05, 0) is 56.7 Å². The van der Waals surface area contributed by atoms with Gasteiger partial charge in [-0.3, -0.25) is 0 Å². The fraction of sp³-hybridized carbons (Fsp3) is 0.214. The number of phenols is 1. The maximum atomic E-state index is 13.1. The minimum absolute atomic E-state index is 0.0496. The van der Waals surface area contributed by atoms with E-state index in [1.165, 1.54) is 37.5 Å². The topological polar surface area (TPSA) is 60.0 Å². The van der Waals surface area contributed by atoms with E-state index < -0.39 is 6.36 Å². The van der Waals surface area contributed by atoms with Crippen LogP contribution in [0.4, 0.5) is 18.9 Å². The molecule has 3 aromatic rings. The summed E-state index contributed by atoms with van der Waals surface area (Å²) in [4.78, 5) is 0.